The minimum Gasteiger partial charge on any atom is -0.379 e. The maximum Gasteiger partial charge on any atom is 0.314 e. The summed E-state index contributed by atoms with van der Waals surface area (Å²) in [4.78, 5) is 14.2. The Hall–Kier alpha value is -1.66. The number of halogens is 1. The zero-order valence-corrected chi connectivity index (χ0v) is 13.9. The molecule has 1 aliphatic rings. The van der Waals surface area contributed by atoms with Crippen LogP contribution in [0.2, 0.25) is 0 Å². The van der Waals surface area contributed by atoms with Gasteiger partial charge in [0.1, 0.15) is 5.82 Å². The Morgan fingerprint density at radius 2 is 1.96 bits per heavy atom. The van der Waals surface area contributed by atoms with Crippen LogP contribution in [0.1, 0.15) is 19.4 Å². The lowest BCUT2D eigenvalue weighted by Crippen LogP contribution is -2.56. The lowest BCUT2D eigenvalue weighted by atomic mass is 10.0. The molecule has 6 heteroatoms. The summed E-state index contributed by atoms with van der Waals surface area (Å²) >= 11 is 0. The van der Waals surface area contributed by atoms with Crippen LogP contribution in [0.4, 0.5) is 9.18 Å². The lowest BCUT2D eigenvalue weighted by Gasteiger charge is -2.40. The highest BCUT2D eigenvalue weighted by atomic mass is 19.1. The van der Waals surface area contributed by atoms with Crippen molar-refractivity contribution in [3.05, 3.63) is 35.6 Å². The molecule has 0 atom stereocenters. The van der Waals surface area contributed by atoms with E-state index in [0.29, 0.717) is 25.1 Å². The van der Waals surface area contributed by atoms with Crippen molar-refractivity contribution in [2.24, 2.45) is 0 Å². The Labute approximate surface area is 137 Å². The summed E-state index contributed by atoms with van der Waals surface area (Å²) in [6.07, 6.45) is 0.479. The fourth-order valence-corrected chi connectivity index (χ4v) is 2.65. The van der Waals surface area contributed by atoms with E-state index in [1.807, 2.05) is 0 Å². The van der Waals surface area contributed by atoms with Crippen molar-refractivity contribution < 1.29 is 13.9 Å². The molecule has 2 rings (SSSR count). The minimum absolute atomic E-state index is 0.118. The molecule has 5 nitrogen and oxygen atoms in total. The maximum atomic E-state index is 13.5. The third-order valence-electron chi connectivity index (χ3n) is 4.19. The second kappa shape index (κ2) is 8.26. The SMILES string of the molecule is CC(C)(CNC(=O)NCCc1ccccc1F)N1CCOCC1. The fourth-order valence-electron chi connectivity index (χ4n) is 2.65. The molecule has 1 fully saturated rings. The molecule has 1 aromatic carbocycles. The van der Waals surface area contributed by atoms with Gasteiger partial charge in [-0.3, -0.25) is 4.90 Å². The average Bonchev–Trinajstić information content (AvgIpc) is 2.56. The van der Waals surface area contributed by atoms with Gasteiger partial charge in [-0.25, -0.2) is 9.18 Å². The number of hydrogen-bond donors (Lipinski definition) is 2. The minimum atomic E-state index is -0.233. The number of nitrogens with one attached hydrogen (secondary N) is 2. The molecule has 2 N–H and O–H groups in total. The van der Waals surface area contributed by atoms with Gasteiger partial charge in [0.2, 0.25) is 0 Å². The van der Waals surface area contributed by atoms with Crippen molar-refractivity contribution in [3.63, 3.8) is 0 Å². The van der Waals surface area contributed by atoms with Crippen LogP contribution in [0, 0.1) is 5.82 Å². The monoisotopic (exact) mass is 323 g/mol. The summed E-state index contributed by atoms with van der Waals surface area (Å²) in [5.74, 6) is -0.233. The van der Waals surface area contributed by atoms with Gasteiger partial charge in [0, 0.05) is 31.7 Å². The largest absolute Gasteiger partial charge is 0.379 e. The van der Waals surface area contributed by atoms with Crippen molar-refractivity contribution in [1.82, 2.24) is 15.5 Å². The molecule has 1 aliphatic heterocycles. The second-order valence-corrected chi connectivity index (χ2v) is 6.36. The Morgan fingerprint density at radius 1 is 1.26 bits per heavy atom. The van der Waals surface area contributed by atoms with Gasteiger partial charge in [0.05, 0.1) is 13.2 Å². The highest BCUT2D eigenvalue weighted by molar-refractivity contribution is 5.73. The highest BCUT2D eigenvalue weighted by Gasteiger charge is 2.28. The van der Waals surface area contributed by atoms with Crippen molar-refractivity contribution >= 4 is 6.03 Å². The number of carbonyl (C=O) groups excluding carboxylic acids is 1. The van der Waals surface area contributed by atoms with E-state index in [-0.39, 0.29) is 17.4 Å². The average molecular weight is 323 g/mol. The van der Waals surface area contributed by atoms with Crippen LogP contribution in [-0.4, -0.2) is 55.9 Å². The van der Waals surface area contributed by atoms with Crippen LogP contribution in [-0.2, 0) is 11.2 Å². The summed E-state index contributed by atoms with van der Waals surface area (Å²) in [6.45, 7) is 8.41. The topological polar surface area (TPSA) is 53.6 Å². The number of urea groups is 1. The Kier molecular flexibility index (Phi) is 6.36. The van der Waals surface area contributed by atoms with E-state index >= 15 is 0 Å². The molecular weight excluding hydrogens is 297 g/mol. The van der Waals surface area contributed by atoms with Crippen LogP contribution in [0.5, 0.6) is 0 Å². The molecule has 128 valence electrons. The van der Waals surface area contributed by atoms with Gasteiger partial charge in [-0.05, 0) is 31.9 Å². The molecular formula is C17H26FN3O2. The molecule has 2 amide bonds. The van der Waals surface area contributed by atoms with E-state index in [2.05, 4.69) is 29.4 Å². The molecule has 0 spiro atoms. The van der Waals surface area contributed by atoms with Crippen molar-refractivity contribution in [1.29, 1.82) is 0 Å². The summed E-state index contributed by atoms with van der Waals surface area (Å²) in [6, 6.07) is 6.40. The van der Waals surface area contributed by atoms with Gasteiger partial charge in [0.15, 0.2) is 0 Å². The van der Waals surface area contributed by atoms with Crippen molar-refractivity contribution in [2.75, 3.05) is 39.4 Å². The van der Waals surface area contributed by atoms with Gasteiger partial charge >= 0.3 is 6.03 Å². The van der Waals surface area contributed by atoms with Crippen molar-refractivity contribution in [3.8, 4) is 0 Å². The summed E-state index contributed by atoms with van der Waals surface area (Å²) in [5.41, 5.74) is 0.494. The quantitative estimate of drug-likeness (QED) is 0.839. The lowest BCUT2D eigenvalue weighted by molar-refractivity contribution is -0.00874. The maximum absolute atomic E-state index is 13.5. The van der Waals surface area contributed by atoms with Crippen LogP contribution >= 0.6 is 0 Å². The van der Waals surface area contributed by atoms with E-state index in [1.54, 1.807) is 18.2 Å². The number of ether oxygens (including phenoxy) is 1. The van der Waals surface area contributed by atoms with E-state index in [4.69, 9.17) is 4.74 Å². The summed E-state index contributed by atoms with van der Waals surface area (Å²) < 4.78 is 18.8. The van der Waals surface area contributed by atoms with Gasteiger partial charge in [-0.1, -0.05) is 18.2 Å². The molecule has 1 saturated heterocycles. The molecule has 1 aromatic rings. The molecule has 23 heavy (non-hydrogen) atoms. The highest BCUT2D eigenvalue weighted by Crippen LogP contribution is 2.14. The molecule has 0 unspecified atom stereocenters. The van der Waals surface area contributed by atoms with E-state index < -0.39 is 0 Å². The number of benzene rings is 1. The van der Waals surface area contributed by atoms with Crippen LogP contribution in [0.15, 0.2) is 24.3 Å². The Bertz CT molecular complexity index is 516. The van der Waals surface area contributed by atoms with Gasteiger partial charge in [0.25, 0.3) is 0 Å². The molecule has 1 heterocycles. The first-order valence-electron chi connectivity index (χ1n) is 8.07. The Balaban J connectivity index is 1.69. The van der Waals surface area contributed by atoms with Crippen molar-refractivity contribution in [2.45, 2.75) is 25.8 Å². The first-order chi connectivity index (χ1) is 11.0. The predicted molar refractivity (Wildman–Crippen MR) is 88.0 cm³/mol. The second-order valence-electron chi connectivity index (χ2n) is 6.36. The predicted octanol–water partition coefficient (Wildman–Crippen LogP) is 1.78. The first-order valence-corrected chi connectivity index (χ1v) is 8.07. The zero-order valence-electron chi connectivity index (χ0n) is 13.9. The number of carbonyl (C=O) groups is 1. The fraction of sp³-hybridized carbons (Fsp3) is 0.588. The van der Waals surface area contributed by atoms with Gasteiger partial charge in [-0.15, -0.1) is 0 Å². The molecule has 0 aliphatic carbocycles. The third kappa shape index (κ3) is 5.48. The molecule has 0 aromatic heterocycles. The molecule has 0 saturated carbocycles. The van der Waals surface area contributed by atoms with Crippen LogP contribution in [0.25, 0.3) is 0 Å². The van der Waals surface area contributed by atoms with Crippen LogP contribution in [0.3, 0.4) is 0 Å². The number of morpholine rings is 1. The summed E-state index contributed by atoms with van der Waals surface area (Å²) in [7, 11) is 0. The standard InChI is InChI=1S/C17H26FN3O2/c1-17(2,21-9-11-23-12-10-21)13-20-16(22)19-8-7-14-5-3-4-6-15(14)18/h3-6H,7-13H2,1-2H3,(H2,19,20,22). The number of nitrogens with zero attached hydrogens (tertiary/aromatic N) is 1. The number of amides is 2. The smallest absolute Gasteiger partial charge is 0.314 e. The number of hydrogen-bond acceptors (Lipinski definition) is 3. The van der Waals surface area contributed by atoms with E-state index in [9.17, 15) is 9.18 Å². The molecule has 0 bridgehead atoms. The summed E-state index contributed by atoms with van der Waals surface area (Å²) in [5, 5.41) is 5.67. The molecule has 0 radical (unpaired) electrons. The van der Waals surface area contributed by atoms with E-state index in [1.165, 1.54) is 6.07 Å². The van der Waals surface area contributed by atoms with Gasteiger partial charge < -0.3 is 15.4 Å². The van der Waals surface area contributed by atoms with E-state index in [0.717, 1.165) is 26.3 Å². The first kappa shape index (κ1) is 17.7. The zero-order chi connectivity index (χ0) is 16.7. The normalized spacial score (nSPS) is 16.1. The number of rotatable bonds is 6. The van der Waals surface area contributed by atoms with Gasteiger partial charge in [-0.2, -0.15) is 0 Å². The Morgan fingerprint density at radius 3 is 2.65 bits per heavy atom. The third-order valence-corrected chi connectivity index (χ3v) is 4.19. The van der Waals surface area contributed by atoms with Crippen LogP contribution < -0.4 is 10.6 Å².